The molecule has 144 valence electrons. The Morgan fingerprint density at radius 2 is 1.96 bits per heavy atom. The Hall–Kier alpha value is -0.330. The number of nitrogens with zero attached hydrogens (tertiary/aromatic N) is 2. The van der Waals surface area contributed by atoms with Crippen LogP contribution in [0.3, 0.4) is 0 Å². The predicted octanol–water partition coefficient (Wildman–Crippen LogP) is 3.40. The molecule has 0 aromatic carbocycles. The molecule has 1 aromatic heterocycles. The van der Waals surface area contributed by atoms with Gasteiger partial charge in [-0.15, -0.1) is 24.8 Å². The maximum Gasteiger partial charge on any atom is 0.237 e. The third-order valence-electron chi connectivity index (χ3n) is 5.63. The first-order chi connectivity index (χ1) is 11.2. The summed E-state index contributed by atoms with van der Waals surface area (Å²) in [5, 5.41) is 7.74. The standard InChI is InChI=1S/C18H29N3OS.2ClH/c1-3-20(4-2)13-17(22)21(12-15-5-10-23-14-15)16-11-18(16)6-8-19-9-7-18;;/h5,10,14,16,19H,3-4,6-9,11-13H2,1-2H3;2*1H. The van der Waals surface area contributed by atoms with Crippen molar-refractivity contribution in [2.45, 2.75) is 45.7 Å². The topological polar surface area (TPSA) is 35.6 Å². The molecular formula is C18H31Cl2N3OS. The van der Waals surface area contributed by atoms with Gasteiger partial charge >= 0.3 is 0 Å². The van der Waals surface area contributed by atoms with Crippen LogP contribution in [0.4, 0.5) is 0 Å². The fourth-order valence-electron chi connectivity index (χ4n) is 3.91. The summed E-state index contributed by atoms with van der Waals surface area (Å²) >= 11 is 1.72. The van der Waals surface area contributed by atoms with Gasteiger partial charge in [-0.2, -0.15) is 11.3 Å². The monoisotopic (exact) mass is 407 g/mol. The maximum atomic E-state index is 13.0. The first-order valence-electron chi connectivity index (χ1n) is 8.92. The number of amides is 1. The van der Waals surface area contributed by atoms with Crippen molar-refractivity contribution in [2.24, 2.45) is 5.41 Å². The Kier molecular flexibility index (Phi) is 9.19. The van der Waals surface area contributed by atoms with Crippen molar-refractivity contribution in [1.29, 1.82) is 0 Å². The Labute approximate surface area is 168 Å². The van der Waals surface area contributed by atoms with E-state index in [4.69, 9.17) is 0 Å². The first-order valence-corrected chi connectivity index (χ1v) is 9.86. The maximum absolute atomic E-state index is 13.0. The minimum absolute atomic E-state index is 0. The van der Waals surface area contributed by atoms with Gasteiger partial charge in [-0.1, -0.05) is 13.8 Å². The molecule has 7 heteroatoms. The fourth-order valence-corrected chi connectivity index (χ4v) is 4.57. The number of hydrogen-bond acceptors (Lipinski definition) is 4. The van der Waals surface area contributed by atoms with Crippen molar-refractivity contribution >= 4 is 42.1 Å². The summed E-state index contributed by atoms with van der Waals surface area (Å²) in [5.74, 6) is 0.306. The molecule has 1 N–H and O–H groups in total. The molecular weight excluding hydrogens is 377 g/mol. The molecule has 1 unspecified atom stereocenters. The van der Waals surface area contributed by atoms with Gasteiger partial charge in [0.2, 0.25) is 5.91 Å². The summed E-state index contributed by atoms with van der Waals surface area (Å²) in [7, 11) is 0. The van der Waals surface area contributed by atoms with Gasteiger partial charge in [0.05, 0.1) is 6.54 Å². The number of likely N-dealkylation sites (N-methyl/N-ethyl adjacent to an activating group) is 1. The Bertz CT molecular complexity index is 516. The molecule has 2 aliphatic rings. The van der Waals surface area contributed by atoms with E-state index >= 15 is 0 Å². The minimum atomic E-state index is 0. The molecule has 1 aliphatic carbocycles. The first kappa shape index (κ1) is 22.7. The molecule has 0 bridgehead atoms. The number of carbonyl (C=O) groups is 1. The summed E-state index contributed by atoms with van der Waals surface area (Å²) in [6, 6.07) is 2.60. The van der Waals surface area contributed by atoms with E-state index in [1.807, 2.05) is 0 Å². The summed E-state index contributed by atoms with van der Waals surface area (Å²) in [6.07, 6.45) is 3.63. The van der Waals surface area contributed by atoms with Crippen LogP contribution in [0.25, 0.3) is 0 Å². The van der Waals surface area contributed by atoms with Gasteiger partial charge in [0.1, 0.15) is 0 Å². The van der Waals surface area contributed by atoms with Crippen molar-refractivity contribution < 1.29 is 4.79 Å². The highest BCUT2D eigenvalue weighted by atomic mass is 35.5. The number of hydrogen-bond donors (Lipinski definition) is 1. The number of rotatable bonds is 7. The van der Waals surface area contributed by atoms with E-state index in [1.54, 1.807) is 11.3 Å². The average molecular weight is 408 g/mol. The Balaban J connectivity index is 0.00000156. The van der Waals surface area contributed by atoms with Crippen molar-refractivity contribution in [3.05, 3.63) is 22.4 Å². The van der Waals surface area contributed by atoms with E-state index in [1.165, 1.54) is 24.8 Å². The molecule has 3 rings (SSSR count). The largest absolute Gasteiger partial charge is 0.334 e. The lowest BCUT2D eigenvalue weighted by Crippen LogP contribution is -2.43. The average Bonchev–Trinajstić information content (AvgIpc) is 3.00. The highest BCUT2D eigenvalue weighted by Crippen LogP contribution is 2.56. The molecule has 1 atom stereocenters. The number of halogens is 2. The van der Waals surface area contributed by atoms with Gasteiger partial charge in [0.25, 0.3) is 0 Å². The Morgan fingerprint density at radius 3 is 2.52 bits per heavy atom. The van der Waals surface area contributed by atoms with E-state index in [0.717, 1.165) is 32.7 Å². The molecule has 1 saturated heterocycles. The molecule has 0 radical (unpaired) electrons. The number of carbonyl (C=O) groups excluding carboxylic acids is 1. The van der Waals surface area contributed by atoms with Gasteiger partial charge in [-0.05, 0) is 73.2 Å². The van der Waals surface area contributed by atoms with Crippen LogP contribution >= 0.6 is 36.2 Å². The predicted molar refractivity (Wildman–Crippen MR) is 110 cm³/mol. The van der Waals surface area contributed by atoms with Gasteiger partial charge in [-0.25, -0.2) is 0 Å². The zero-order valence-corrected chi connectivity index (χ0v) is 17.7. The summed E-state index contributed by atoms with van der Waals surface area (Å²) in [6.45, 7) is 9.69. The molecule has 4 nitrogen and oxygen atoms in total. The number of nitrogens with one attached hydrogen (secondary N) is 1. The molecule has 2 heterocycles. The van der Waals surface area contributed by atoms with Gasteiger partial charge in [-0.3, -0.25) is 9.69 Å². The summed E-state index contributed by atoms with van der Waals surface area (Å²) < 4.78 is 0. The second kappa shape index (κ2) is 10.1. The van der Waals surface area contributed by atoms with E-state index in [9.17, 15) is 4.79 Å². The molecule has 1 aromatic rings. The van der Waals surface area contributed by atoms with Gasteiger partial charge in [0.15, 0.2) is 0 Å². The number of piperidine rings is 1. The quantitative estimate of drug-likeness (QED) is 0.751. The zero-order chi connectivity index (χ0) is 16.3. The molecule has 1 spiro atoms. The lowest BCUT2D eigenvalue weighted by Gasteiger charge is -2.31. The second-order valence-electron chi connectivity index (χ2n) is 6.95. The molecule has 1 amide bonds. The Morgan fingerprint density at radius 1 is 1.28 bits per heavy atom. The van der Waals surface area contributed by atoms with Crippen molar-refractivity contribution in [3.8, 4) is 0 Å². The van der Waals surface area contributed by atoms with Crippen molar-refractivity contribution in [3.63, 3.8) is 0 Å². The van der Waals surface area contributed by atoms with E-state index in [0.29, 0.717) is 23.9 Å². The summed E-state index contributed by atoms with van der Waals surface area (Å²) in [5.41, 5.74) is 1.68. The van der Waals surface area contributed by atoms with Crippen LogP contribution < -0.4 is 5.32 Å². The minimum Gasteiger partial charge on any atom is -0.334 e. The third-order valence-corrected chi connectivity index (χ3v) is 6.36. The van der Waals surface area contributed by atoms with Crippen LogP contribution in [0.1, 0.15) is 38.7 Å². The van der Waals surface area contributed by atoms with Gasteiger partial charge in [0, 0.05) is 12.6 Å². The van der Waals surface area contributed by atoms with E-state index < -0.39 is 0 Å². The van der Waals surface area contributed by atoms with Crippen LogP contribution in [0.15, 0.2) is 16.8 Å². The highest BCUT2D eigenvalue weighted by molar-refractivity contribution is 7.07. The fraction of sp³-hybridized carbons (Fsp3) is 0.722. The van der Waals surface area contributed by atoms with Crippen LogP contribution in [0, 0.1) is 5.41 Å². The van der Waals surface area contributed by atoms with Crippen LogP contribution in [0.5, 0.6) is 0 Å². The molecule has 1 aliphatic heterocycles. The van der Waals surface area contributed by atoms with Crippen molar-refractivity contribution in [2.75, 3.05) is 32.7 Å². The lowest BCUT2D eigenvalue weighted by atomic mass is 9.93. The zero-order valence-electron chi connectivity index (χ0n) is 15.2. The summed E-state index contributed by atoms with van der Waals surface area (Å²) in [4.78, 5) is 17.4. The molecule has 2 fully saturated rings. The smallest absolute Gasteiger partial charge is 0.237 e. The lowest BCUT2D eigenvalue weighted by molar-refractivity contribution is -0.134. The SMILES string of the molecule is CCN(CC)CC(=O)N(Cc1ccsc1)C1CC12CCNCC2.Cl.Cl. The highest BCUT2D eigenvalue weighted by Gasteiger charge is 2.57. The van der Waals surface area contributed by atoms with E-state index in [2.05, 4.69) is 45.8 Å². The third kappa shape index (κ3) is 5.33. The van der Waals surface area contributed by atoms with Crippen molar-refractivity contribution in [1.82, 2.24) is 15.1 Å². The molecule has 25 heavy (non-hydrogen) atoms. The van der Waals surface area contributed by atoms with Gasteiger partial charge < -0.3 is 10.2 Å². The normalized spacial score (nSPS) is 20.7. The second-order valence-corrected chi connectivity index (χ2v) is 7.73. The van der Waals surface area contributed by atoms with Crippen LogP contribution in [0.2, 0.25) is 0 Å². The number of thiophene rings is 1. The molecule has 1 saturated carbocycles. The van der Waals surface area contributed by atoms with Crippen LogP contribution in [-0.2, 0) is 11.3 Å². The van der Waals surface area contributed by atoms with Crippen LogP contribution in [-0.4, -0.2) is 54.5 Å². The van der Waals surface area contributed by atoms with E-state index in [-0.39, 0.29) is 24.8 Å².